The van der Waals surface area contributed by atoms with Gasteiger partial charge in [0, 0.05) is 12.8 Å². The second kappa shape index (κ2) is 7.79. The van der Waals surface area contributed by atoms with Gasteiger partial charge in [-0.05, 0) is 24.3 Å². The molecule has 0 spiro atoms. The Morgan fingerprint density at radius 2 is 1.78 bits per heavy atom. The van der Waals surface area contributed by atoms with Gasteiger partial charge in [0.15, 0.2) is 0 Å². The van der Waals surface area contributed by atoms with Crippen LogP contribution in [0.15, 0.2) is 52.9 Å². The number of nitrogens with one attached hydrogen (secondary N) is 1. The number of nitrogens with zero attached hydrogens (tertiary/aromatic N) is 2. The molecule has 1 heterocycles. The van der Waals surface area contributed by atoms with Crippen molar-refractivity contribution in [3.63, 3.8) is 0 Å². The average molecular weight is 396 g/mol. The number of hydrogen-bond donors (Lipinski definition) is 1. The number of amides is 1. The van der Waals surface area contributed by atoms with Gasteiger partial charge in [0.1, 0.15) is 0 Å². The normalized spacial score (nSPS) is 11.4. The molecule has 5 nitrogen and oxygen atoms in total. The zero-order valence-electron chi connectivity index (χ0n) is 13.8. The Kier molecular flexibility index (Phi) is 5.46. The monoisotopic (exact) mass is 395 g/mol. The summed E-state index contributed by atoms with van der Waals surface area (Å²) in [7, 11) is 0. The molecule has 0 atom stereocenters. The van der Waals surface area contributed by atoms with E-state index in [0.29, 0.717) is 10.6 Å². The highest BCUT2D eigenvalue weighted by molar-refractivity contribution is 6.33. The summed E-state index contributed by atoms with van der Waals surface area (Å²) in [6, 6.07) is 11.7. The summed E-state index contributed by atoms with van der Waals surface area (Å²) in [5.41, 5.74) is -0.643. The Morgan fingerprint density at radius 1 is 1.07 bits per heavy atom. The average Bonchev–Trinajstić information content (AvgIpc) is 3.09. The van der Waals surface area contributed by atoms with Crippen LogP contribution < -0.4 is 5.32 Å². The Bertz CT molecular complexity index is 957. The second-order valence-electron chi connectivity index (χ2n) is 5.57. The highest BCUT2D eigenvalue weighted by Gasteiger charge is 2.33. The van der Waals surface area contributed by atoms with Crippen molar-refractivity contribution in [1.29, 1.82) is 0 Å². The minimum absolute atomic E-state index is 0.0808. The third-order valence-corrected chi connectivity index (χ3v) is 3.97. The number of para-hydroxylation sites is 1. The maximum Gasteiger partial charge on any atom is 0.418 e. The van der Waals surface area contributed by atoms with Gasteiger partial charge in [0.25, 0.3) is 0 Å². The van der Waals surface area contributed by atoms with Gasteiger partial charge in [-0.3, -0.25) is 4.79 Å². The summed E-state index contributed by atoms with van der Waals surface area (Å²) in [4.78, 5) is 12.0. The summed E-state index contributed by atoms with van der Waals surface area (Å²) in [6.07, 6.45) is -4.59. The van der Waals surface area contributed by atoms with Crippen LogP contribution in [0.5, 0.6) is 0 Å². The predicted molar refractivity (Wildman–Crippen MR) is 93.1 cm³/mol. The first-order valence-corrected chi connectivity index (χ1v) is 8.26. The van der Waals surface area contributed by atoms with Crippen LogP contribution >= 0.6 is 11.6 Å². The maximum atomic E-state index is 13.0. The predicted octanol–water partition coefficient (Wildman–Crippen LogP) is 4.98. The van der Waals surface area contributed by atoms with Gasteiger partial charge in [-0.25, -0.2) is 0 Å². The largest absolute Gasteiger partial charge is 0.421 e. The van der Waals surface area contributed by atoms with E-state index in [1.165, 1.54) is 18.2 Å². The fourth-order valence-corrected chi connectivity index (χ4v) is 2.59. The van der Waals surface area contributed by atoms with E-state index in [4.69, 9.17) is 16.0 Å². The molecule has 9 heteroatoms. The first-order valence-electron chi connectivity index (χ1n) is 7.88. The molecule has 2 aromatic carbocycles. The minimum atomic E-state index is -4.56. The van der Waals surface area contributed by atoms with E-state index < -0.39 is 17.6 Å². The van der Waals surface area contributed by atoms with Gasteiger partial charge in [-0.2, -0.15) is 13.2 Å². The number of alkyl halides is 3. The third kappa shape index (κ3) is 4.65. The quantitative estimate of drug-likeness (QED) is 0.661. The molecule has 0 bridgehead atoms. The van der Waals surface area contributed by atoms with Gasteiger partial charge >= 0.3 is 6.18 Å². The van der Waals surface area contributed by atoms with Crippen LogP contribution in [0.25, 0.3) is 11.5 Å². The first-order chi connectivity index (χ1) is 12.8. The number of anilines is 1. The molecule has 3 aromatic rings. The van der Waals surface area contributed by atoms with Crippen LogP contribution in [-0.2, 0) is 17.4 Å². The number of benzene rings is 2. The molecule has 3 rings (SSSR count). The molecule has 0 saturated heterocycles. The van der Waals surface area contributed by atoms with E-state index in [9.17, 15) is 18.0 Å². The molecule has 0 fully saturated rings. The molecule has 0 radical (unpaired) electrons. The maximum absolute atomic E-state index is 13.0. The summed E-state index contributed by atoms with van der Waals surface area (Å²) in [6.45, 7) is 0. The van der Waals surface area contributed by atoms with Crippen molar-refractivity contribution in [2.24, 2.45) is 0 Å². The lowest BCUT2D eigenvalue weighted by Crippen LogP contribution is -2.16. The fourth-order valence-electron chi connectivity index (χ4n) is 2.37. The van der Waals surface area contributed by atoms with Gasteiger partial charge in [0.05, 0.1) is 21.8 Å². The molecule has 1 N–H and O–H groups in total. The molecule has 0 aliphatic carbocycles. The lowest BCUT2D eigenvalue weighted by molar-refractivity contribution is -0.137. The molecule has 1 aromatic heterocycles. The summed E-state index contributed by atoms with van der Waals surface area (Å²) in [5.74, 6) is -0.202. The highest BCUT2D eigenvalue weighted by Crippen LogP contribution is 2.34. The molecule has 0 unspecified atom stereocenters. The molecule has 0 saturated carbocycles. The van der Waals surface area contributed by atoms with E-state index in [-0.39, 0.29) is 30.3 Å². The molecule has 0 aliphatic rings. The smallest absolute Gasteiger partial charge is 0.418 e. The van der Waals surface area contributed by atoms with Gasteiger partial charge in [-0.15, -0.1) is 10.2 Å². The zero-order valence-corrected chi connectivity index (χ0v) is 14.5. The van der Waals surface area contributed by atoms with Crippen molar-refractivity contribution in [3.8, 4) is 11.5 Å². The van der Waals surface area contributed by atoms with E-state index in [2.05, 4.69) is 15.5 Å². The van der Waals surface area contributed by atoms with Crippen LogP contribution in [0.1, 0.15) is 17.9 Å². The summed E-state index contributed by atoms with van der Waals surface area (Å²) in [5, 5.41) is 10.4. The van der Waals surface area contributed by atoms with E-state index in [0.717, 1.165) is 6.07 Å². The first kappa shape index (κ1) is 18.9. The Balaban J connectivity index is 1.64. The van der Waals surface area contributed by atoms with E-state index in [1.807, 2.05) is 0 Å². The number of carbonyl (C=O) groups is 1. The van der Waals surface area contributed by atoms with E-state index >= 15 is 0 Å². The van der Waals surface area contributed by atoms with Crippen LogP contribution in [0, 0.1) is 0 Å². The Morgan fingerprint density at radius 3 is 2.52 bits per heavy atom. The van der Waals surface area contributed by atoms with Crippen LogP contribution in [0.4, 0.5) is 18.9 Å². The minimum Gasteiger partial charge on any atom is -0.421 e. The fraction of sp³-hybridized carbons (Fsp3) is 0.167. The SMILES string of the molecule is O=C(CCc1nnc(-c2ccccc2Cl)o1)Nc1ccccc1C(F)(F)F. The van der Waals surface area contributed by atoms with Crippen molar-refractivity contribution >= 4 is 23.2 Å². The molecule has 27 heavy (non-hydrogen) atoms. The Labute approximate surface area is 157 Å². The number of hydrogen-bond acceptors (Lipinski definition) is 4. The molecular weight excluding hydrogens is 383 g/mol. The summed E-state index contributed by atoms with van der Waals surface area (Å²) < 4.78 is 44.3. The van der Waals surface area contributed by atoms with Crippen LogP contribution in [0.3, 0.4) is 0 Å². The standard InChI is InChI=1S/C18H13ClF3N3O2/c19-13-7-3-1-5-11(13)17-25-24-16(27-17)10-9-15(26)23-14-8-4-2-6-12(14)18(20,21)22/h1-8H,9-10H2,(H,23,26). The lowest BCUT2D eigenvalue weighted by Gasteiger charge is -2.13. The van der Waals surface area contributed by atoms with Crippen molar-refractivity contribution in [1.82, 2.24) is 10.2 Å². The molecular formula is C18H13ClF3N3O2. The second-order valence-corrected chi connectivity index (χ2v) is 5.98. The highest BCUT2D eigenvalue weighted by atomic mass is 35.5. The Hall–Kier alpha value is -2.87. The molecule has 140 valence electrons. The van der Waals surface area contributed by atoms with Gasteiger partial charge in [-0.1, -0.05) is 35.9 Å². The van der Waals surface area contributed by atoms with Crippen molar-refractivity contribution in [2.75, 3.05) is 5.32 Å². The number of aryl methyl sites for hydroxylation is 1. The van der Waals surface area contributed by atoms with Gasteiger partial charge < -0.3 is 9.73 Å². The van der Waals surface area contributed by atoms with Gasteiger partial charge in [0.2, 0.25) is 17.7 Å². The third-order valence-electron chi connectivity index (χ3n) is 3.64. The lowest BCUT2D eigenvalue weighted by atomic mass is 10.1. The van der Waals surface area contributed by atoms with Crippen LogP contribution in [-0.4, -0.2) is 16.1 Å². The topological polar surface area (TPSA) is 68.0 Å². The number of aromatic nitrogens is 2. The molecule has 1 amide bonds. The van der Waals surface area contributed by atoms with Crippen molar-refractivity contribution in [2.45, 2.75) is 19.0 Å². The molecule has 0 aliphatic heterocycles. The van der Waals surface area contributed by atoms with Crippen LogP contribution in [0.2, 0.25) is 5.02 Å². The van der Waals surface area contributed by atoms with Crippen molar-refractivity contribution < 1.29 is 22.4 Å². The van der Waals surface area contributed by atoms with Crippen molar-refractivity contribution in [3.05, 3.63) is 65.0 Å². The zero-order chi connectivity index (χ0) is 19.4. The van der Waals surface area contributed by atoms with E-state index in [1.54, 1.807) is 24.3 Å². The summed E-state index contributed by atoms with van der Waals surface area (Å²) >= 11 is 6.05. The number of carbonyl (C=O) groups excluding carboxylic acids is 1. The number of rotatable bonds is 5. The number of halogens is 4.